The van der Waals surface area contributed by atoms with Gasteiger partial charge in [0.2, 0.25) is 5.91 Å². The average Bonchev–Trinajstić information content (AvgIpc) is 3.29. The monoisotopic (exact) mass is 474 g/mol. The Balaban J connectivity index is 1.57. The van der Waals surface area contributed by atoms with Crippen LogP contribution in [0.2, 0.25) is 0 Å². The van der Waals surface area contributed by atoms with Crippen LogP contribution >= 0.6 is 0 Å². The molecule has 182 valence electrons. The zero-order valence-corrected chi connectivity index (χ0v) is 20.2. The van der Waals surface area contributed by atoms with Crippen LogP contribution in [0.3, 0.4) is 0 Å². The van der Waals surface area contributed by atoms with Crippen molar-refractivity contribution in [2.24, 2.45) is 14.1 Å². The number of nitrogens with zero attached hydrogens (tertiary/aromatic N) is 5. The quantitative estimate of drug-likeness (QED) is 0.398. The molecule has 4 rings (SSSR count). The number of likely N-dealkylation sites (N-methyl/N-ethyl adjacent to an activating group) is 1. The van der Waals surface area contributed by atoms with Gasteiger partial charge in [0.15, 0.2) is 11.2 Å². The number of benzene rings is 2. The molecule has 2 aromatic heterocycles. The number of hydrogen-bond acceptors (Lipinski definition) is 5. The maximum Gasteiger partial charge on any atom is 0.332 e. The highest BCUT2D eigenvalue weighted by Crippen LogP contribution is 2.15. The zero-order valence-electron chi connectivity index (χ0n) is 20.2. The summed E-state index contributed by atoms with van der Waals surface area (Å²) < 4.78 is 3.83. The van der Waals surface area contributed by atoms with Gasteiger partial charge in [0, 0.05) is 32.9 Å². The second-order valence-electron chi connectivity index (χ2n) is 8.58. The van der Waals surface area contributed by atoms with Crippen molar-refractivity contribution in [1.82, 2.24) is 24.0 Å². The summed E-state index contributed by atoms with van der Waals surface area (Å²) in [6.07, 6.45) is 2.09. The first-order valence-corrected chi connectivity index (χ1v) is 11.6. The molecule has 9 nitrogen and oxygen atoms in total. The predicted molar refractivity (Wildman–Crippen MR) is 137 cm³/mol. The van der Waals surface area contributed by atoms with Crippen molar-refractivity contribution in [1.29, 1.82) is 0 Å². The first kappa shape index (κ1) is 24.0. The first-order chi connectivity index (χ1) is 16.9. The molecule has 0 saturated heterocycles. The van der Waals surface area contributed by atoms with Crippen molar-refractivity contribution in [3.05, 3.63) is 93.4 Å². The Labute approximate surface area is 203 Å². The van der Waals surface area contributed by atoms with E-state index in [-0.39, 0.29) is 29.7 Å². The van der Waals surface area contributed by atoms with E-state index in [2.05, 4.69) is 34.3 Å². The molecular weight excluding hydrogens is 444 g/mol. The summed E-state index contributed by atoms with van der Waals surface area (Å²) >= 11 is 0. The van der Waals surface area contributed by atoms with E-state index in [1.165, 1.54) is 22.5 Å². The van der Waals surface area contributed by atoms with Gasteiger partial charge < -0.3 is 14.8 Å². The Hall–Kier alpha value is -4.14. The fourth-order valence-corrected chi connectivity index (χ4v) is 4.33. The van der Waals surface area contributed by atoms with Crippen molar-refractivity contribution in [3.8, 4) is 0 Å². The minimum atomic E-state index is -0.476. The topological polar surface area (TPSA) is 94.2 Å². The van der Waals surface area contributed by atoms with E-state index >= 15 is 0 Å². The van der Waals surface area contributed by atoms with Gasteiger partial charge in [0.05, 0.1) is 12.4 Å². The number of aryl methyl sites for hydroxylation is 1. The molecule has 1 atom stereocenters. The maximum atomic E-state index is 13.2. The number of aromatic nitrogens is 4. The second-order valence-corrected chi connectivity index (χ2v) is 8.58. The van der Waals surface area contributed by atoms with Gasteiger partial charge in [-0.05, 0) is 31.0 Å². The molecule has 0 fully saturated rings. The highest BCUT2D eigenvalue weighted by atomic mass is 16.2. The van der Waals surface area contributed by atoms with Gasteiger partial charge in [-0.15, -0.1) is 0 Å². The van der Waals surface area contributed by atoms with Crippen molar-refractivity contribution in [2.45, 2.75) is 25.9 Å². The standard InChI is InChI=1S/C26H30N6O3/c1-4-31(21-13-9-6-10-14-21)16-20(15-19-11-7-5-8-12-19)28-22(33)17-32-18-27-24-23(32)25(34)30(3)26(35)29(24)2/h5-14,18,20H,4,15-17H2,1-3H3,(H,28,33)/t20-/m0/s1. The SMILES string of the molecule is CCN(C[C@H](Cc1ccccc1)NC(=O)Cn1cnc2c1c(=O)n(C)c(=O)n2C)c1ccccc1. The van der Waals surface area contributed by atoms with Crippen molar-refractivity contribution >= 4 is 22.8 Å². The molecule has 2 aromatic carbocycles. The molecule has 1 N–H and O–H groups in total. The minimum absolute atomic E-state index is 0.0767. The lowest BCUT2D eigenvalue weighted by molar-refractivity contribution is -0.122. The van der Waals surface area contributed by atoms with E-state index in [9.17, 15) is 14.4 Å². The third-order valence-corrected chi connectivity index (χ3v) is 6.17. The predicted octanol–water partition coefficient (Wildman–Crippen LogP) is 1.69. The lowest BCUT2D eigenvalue weighted by atomic mass is 10.0. The summed E-state index contributed by atoms with van der Waals surface area (Å²) in [5, 5.41) is 3.16. The molecule has 4 aromatic rings. The zero-order chi connectivity index (χ0) is 24.9. The summed E-state index contributed by atoms with van der Waals surface area (Å²) in [7, 11) is 2.97. The van der Waals surface area contributed by atoms with Gasteiger partial charge >= 0.3 is 5.69 Å². The highest BCUT2D eigenvalue weighted by Gasteiger charge is 2.20. The Kier molecular flexibility index (Phi) is 7.14. The Bertz CT molecular complexity index is 1420. The number of carbonyl (C=O) groups is 1. The summed E-state index contributed by atoms with van der Waals surface area (Å²) in [5.74, 6) is -0.231. The van der Waals surface area contributed by atoms with Gasteiger partial charge in [-0.2, -0.15) is 0 Å². The fraction of sp³-hybridized carbons (Fsp3) is 0.308. The van der Waals surface area contributed by atoms with E-state index in [0.29, 0.717) is 13.0 Å². The van der Waals surface area contributed by atoms with Gasteiger partial charge in [-0.25, -0.2) is 9.78 Å². The lowest BCUT2D eigenvalue weighted by Crippen LogP contribution is -2.46. The Morgan fingerprint density at radius 3 is 2.31 bits per heavy atom. The van der Waals surface area contributed by atoms with Crippen LogP contribution in [0.4, 0.5) is 5.69 Å². The van der Waals surface area contributed by atoms with Crippen molar-refractivity contribution < 1.29 is 4.79 Å². The van der Waals surface area contributed by atoms with E-state index < -0.39 is 11.2 Å². The molecule has 0 bridgehead atoms. The van der Waals surface area contributed by atoms with Crippen molar-refractivity contribution in [2.75, 3.05) is 18.0 Å². The minimum Gasteiger partial charge on any atom is -0.370 e. The largest absolute Gasteiger partial charge is 0.370 e. The van der Waals surface area contributed by atoms with E-state index in [1.54, 1.807) is 7.05 Å². The van der Waals surface area contributed by atoms with Crippen molar-refractivity contribution in [3.63, 3.8) is 0 Å². The van der Waals surface area contributed by atoms with Gasteiger partial charge in [-0.3, -0.25) is 18.7 Å². The number of amides is 1. The van der Waals surface area contributed by atoms with E-state index in [4.69, 9.17) is 0 Å². The Morgan fingerprint density at radius 1 is 1.00 bits per heavy atom. The fourth-order valence-electron chi connectivity index (χ4n) is 4.33. The average molecular weight is 475 g/mol. The molecule has 2 heterocycles. The summed E-state index contributed by atoms with van der Waals surface area (Å²) in [4.78, 5) is 44.5. The number of rotatable bonds is 9. The number of anilines is 1. The number of para-hydroxylation sites is 1. The molecule has 0 unspecified atom stereocenters. The number of hydrogen-bond donors (Lipinski definition) is 1. The van der Waals surface area contributed by atoms with Gasteiger partial charge in [-0.1, -0.05) is 48.5 Å². The molecule has 35 heavy (non-hydrogen) atoms. The molecule has 0 aliphatic carbocycles. The highest BCUT2D eigenvalue weighted by molar-refractivity contribution is 5.79. The van der Waals surface area contributed by atoms with Crippen LogP contribution < -0.4 is 21.5 Å². The normalized spacial score (nSPS) is 12.0. The smallest absolute Gasteiger partial charge is 0.332 e. The molecule has 0 radical (unpaired) electrons. The number of fused-ring (bicyclic) bond motifs is 1. The van der Waals surface area contributed by atoms with E-state index in [1.807, 2.05) is 48.5 Å². The third kappa shape index (κ3) is 5.18. The number of nitrogens with one attached hydrogen (secondary N) is 1. The molecule has 9 heteroatoms. The lowest BCUT2D eigenvalue weighted by Gasteiger charge is -2.29. The van der Waals surface area contributed by atoms with E-state index in [0.717, 1.165) is 22.4 Å². The number of carbonyl (C=O) groups excluding carboxylic acids is 1. The van der Waals surface area contributed by atoms with Crippen LogP contribution in [-0.4, -0.2) is 43.7 Å². The van der Waals surface area contributed by atoms with Crippen LogP contribution in [0.1, 0.15) is 12.5 Å². The molecule has 0 aliphatic heterocycles. The summed E-state index contributed by atoms with van der Waals surface area (Å²) in [5.41, 5.74) is 1.76. The maximum absolute atomic E-state index is 13.2. The molecule has 0 aliphatic rings. The Morgan fingerprint density at radius 2 is 1.66 bits per heavy atom. The molecule has 1 amide bonds. The van der Waals surface area contributed by atoms with Crippen LogP contribution in [0.5, 0.6) is 0 Å². The third-order valence-electron chi connectivity index (χ3n) is 6.17. The molecule has 0 spiro atoms. The number of imidazole rings is 1. The molecular formula is C26H30N6O3. The summed E-state index contributed by atoms with van der Waals surface area (Å²) in [6, 6.07) is 20.0. The van der Waals surface area contributed by atoms with Crippen LogP contribution in [0, 0.1) is 0 Å². The van der Waals surface area contributed by atoms with Crippen LogP contribution in [-0.2, 0) is 31.9 Å². The van der Waals surface area contributed by atoms with Crippen LogP contribution in [0.15, 0.2) is 76.6 Å². The van der Waals surface area contributed by atoms with Crippen LogP contribution in [0.25, 0.3) is 11.2 Å². The summed E-state index contributed by atoms with van der Waals surface area (Å²) in [6.45, 7) is 3.43. The van der Waals surface area contributed by atoms with Gasteiger partial charge in [0.25, 0.3) is 5.56 Å². The molecule has 0 saturated carbocycles. The first-order valence-electron chi connectivity index (χ1n) is 11.6. The van der Waals surface area contributed by atoms with Gasteiger partial charge in [0.1, 0.15) is 6.54 Å². The second kappa shape index (κ2) is 10.4.